The Bertz CT molecular complexity index is 549. The highest BCUT2D eigenvalue weighted by Gasteiger charge is 2.04. The molecule has 1 aromatic heterocycles. The number of hydrogen-bond acceptors (Lipinski definition) is 3. The zero-order chi connectivity index (χ0) is 13.1. The second-order valence-electron chi connectivity index (χ2n) is 4.31. The summed E-state index contributed by atoms with van der Waals surface area (Å²) in [5.74, 6) is 1.52. The minimum Gasteiger partial charge on any atom is -0.237 e. The molecule has 0 fully saturated rings. The van der Waals surface area contributed by atoms with Crippen LogP contribution in [0.4, 0.5) is 0 Å². The number of benzene rings is 1. The van der Waals surface area contributed by atoms with Crippen LogP contribution in [0.25, 0.3) is 0 Å². The van der Waals surface area contributed by atoms with Gasteiger partial charge in [-0.3, -0.25) is 0 Å². The molecule has 0 atom stereocenters. The summed E-state index contributed by atoms with van der Waals surface area (Å²) >= 11 is 7.67. The number of nitrogens with zero attached hydrogens (tertiary/aromatic N) is 2. The van der Waals surface area contributed by atoms with Crippen LogP contribution in [0.1, 0.15) is 22.6 Å². The SMILES string of the molecule is Cc1ccc(SCc2nc(C)cc(Cl)n2)c(C)c1. The molecule has 4 heteroatoms. The zero-order valence-corrected chi connectivity index (χ0v) is 12.3. The van der Waals surface area contributed by atoms with Crippen LogP contribution in [0.15, 0.2) is 29.2 Å². The lowest BCUT2D eigenvalue weighted by Crippen LogP contribution is -1.95. The predicted octanol–water partition coefficient (Wildman–Crippen LogP) is 4.35. The Morgan fingerprint density at radius 1 is 1.11 bits per heavy atom. The minimum absolute atomic E-state index is 0.513. The molecular weight excluding hydrogens is 264 g/mol. The summed E-state index contributed by atoms with van der Waals surface area (Å²) in [6, 6.07) is 8.23. The number of thioether (sulfide) groups is 1. The molecule has 2 nitrogen and oxygen atoms in total. The third kappa shape index (κ3) is 3.47. The van der Waals surface area contributed by atoms with Gasteiger partial charge in [0.05, 0.1) is 5.75 Å². The predicted molar refractivity (Wildman–Crippen MR) is 77.3 cm³/mol. The molecule has 0 aliphatic rings. The first-order valence-electron chi connectivity index (χ1n) is 5.75. The molecule has 0 saturated heterocycles. The maximum Gasteiger partial charge on any atom is 0.140 e. The first-order valence-corrected chi connectivity index (χ1v) is 7.11. The van der Waals surface area contributed by atoms with Gasteiger partial charge in [-0.05, 0) is 38.5 Å². The van der Waals surface area contributed by atoms with Crippen molar-refractivity contribution in [2.75, 3.05) is 0 Å². The van der Waals surface area contributed by atoms with Gasteiger partial charge in [-0.15, -0.1) is 11.8 Å². The quantitative estimate of drug-likeness (QED) is 0.617. The Morgan fingerprint density at radius 2 is 1.89 bits per heavy atom. The van der Waals surface area contributed by atoms with Crippen molar-refractivity contribution < 1.29 is 0 Å². The molecule has 0 bridgehead atoms. The van der Waals surface area contributed by atoms with E-state index in [0.717, 1.165) is 17.3 Å². The Kier molecular flexibility index (Phi) is 4.25. The number of aryl methyl sites for hydroxylation is 3. The van der Waals surface area contributed by atoms with Crippen molar-refractivity contribution in [1.82, 2.24) is 9.97 Å². The molecule has 0 saturated carbocycles. The molecule has 0 N–H and O–H groups in total. The number of aromatic nitrogens is 2. The van der Waals surface area contributed by atoms with Crippen LogP contribution in [0.5, 0.6) is 0 Å². The monoisotopic (exact) mass is 278 g/mol. The summed E-state index contributed by atoms with van der Waals surface area (Å²) in [7, 11) is 0. The van der Waals surface area contributed by atoms with Crippen LogP contribution in [0.3, 0.4) is 0 Å². The fourth-order valence-corrected chi connectivity index (χ4v) is 2.88. The molecule has 2 aromatic rings. The molecule has 0 unspecified atom stereocenters. The Balaban J connectivity index is 2.11. The van der Waals surface area contributed by atoms with Gasteiger partial charge >= 0.3 is 0 Å². The first-order chi connectivity index (χ1) is 8.54. The summed E-state index contributed by atoms with van der Waals surface area (Å²) < 4.78 is 0. The van der Waals surface area contributed by atoms with Gasteiger partial charge in [-0.25, -0.2) is 9.97 Å². The molecule has 0 radical (unpaired) electrons. The van der Waals surface area contributed by atoms with E-state index in [9.17, 15) is 0 Å². The molecule has 1 heterocycles. The zero-order valence-electron chi connectivity index (χ0n) is 10.7. The first kappa shape index (κ1) is 13.4. The van der Waals surface area contributed by atoms with Crippen molar-refractivity contribution in [3.8, 4) is 0 Å². The average molecular weight is 279 g/mol. The lowest BCUT2D eigenvalue weighted by molar-refractivity contribution is 0.995. The van der Waals surface area contributed by atoms with E-state index < -0.39 is 0 Å². The van der Waals surface area contributed by atoms with Crippen molar-refractivity contribution >= 4 is 23.4 Å². The van der Waals surface area contributed by atoms with Crippen LogP contribution in [0, 0.1) is 20.8 Å². The fraction of sp³-hybridized carbons (Fsp3) is 0.286. The van der Waals surface area contributed by atoms with Gasteiger partial charge in [-0.2, -0.15) is 0 Å². The summed E-state index contributed by atoms with van der Waals surface area (Å²) in [5.41, 5.74) is 3.48. The summed E-state index contributed by atoms with van der Waals surface area (Å²) in [5, 5.41) is 0.513. The van der Waals surface area contributed by atoms with Crippen molar-refractivity contribution in [2.45, 2.75) is 31.4 Å². The molecular formula is C14H15ClN2S. The van der Waals surface area contributed by atoms with Gasteiger partial charge in [0.15, 0.2) is 0 Å². The Labute approximate surface area is 117 Å². The van der Waals surface area contributed by atoms with Gasteiger partial charge in [0.1, 0.15) is 11.0 Å². The van der Waals surface area contributed by atoms with Crippen LogP contribution in [0.2, 0.25) is 5.15 Å². The highest BCUT2D eigenvalue weighted by molar-refractivity contribution is 7.98. The van der Waals surface area contributed by atoms with Crippen molar-refractivity contribution in [3.05, 3.63) is 52.1 Å². The van der Waals surface area contributed by atoms with E-state index in [1.165, 1.54) is 16.0 Å². The summed E-state index contributed by atoms with van der Waals surface area (Å²) in [6.07, 6.45) is 0. The van der Waals surface area contributed by atoms with Crippen LogP contribution >= 0.6 is 23.4 Å². The highest BCUT2D eigenvalue weighted by Crippen LogP contribution is 2.26. The molecule has 18 heavy (non-hydrogen) atoms. The molecule has 0 aliphatic carbocycles. The average Bonchev–Trinajstić information content (AvgIpc) is 2.26. The second kappa shape index (κ2) is 5.72. The van der Waals surface area contributed by atoms with E-state index in [4.69, 9.17) is 11.6 Å². The maximum atomic E-state index is 5.92. The van der Waals surface area contributed by atoms with E-state index in [1.807, 2.05) is 6.92 Å². The van der Waals surface area contributed by atoms with Crippen LogP contribution < -0.4 is 0 Å². The lowest BCUT2D eigenvalue weighted by atomic mass is 10.2. The van der Waals surface area contributed by atoms with Crippen LogP contribution in [-0.2, 0) is 5.75 Å². The molecule has 0 spiro atoms. The summed E-state index contributed by atoms with van der Waals surface area (Å²) in [4.78, 5) is 9.88. The Morgan fingerprint density at radius 3 is 2.56 bits per heavy atom. The molecule has 2 rings (SSSR count). The Hall–Kier alpha value is -1.06. The van der Waals surface area contributed by atoms with Gasteiger partial charge in [0.2, 0.25) is 0 Å². The number of hydrogen-bond donors (Lipinski definition) is 0. The third-order valence-electron chi connectivity index (χ3n) is 2.56. The highest BCUT2D eigenvalue weighted by atomic mass is 35.5. The van der Waals surface area contributed by atoms with E-state index in [0.29, 0.717) is 5.15 Å². The number of halogens is 1. The van der Waals surface area contributed by atoms with E-state index in [1.54, 1.807) is 17.8 Å². The minimum atomic E-state index is 0.513. The summed E-state index contributed by atoms with van der Waals surface area (Å²) in [6.45, 7) is 6.16. The van der Waals surface area contributed by atoms with Crippen molar-refractivity contribution in [2.24, 2.45) is 0 Å². The van der Waals surface area contributed by atoms with E-state index >= 15 is 0 Å². The van der Waals surface area contributed by atoms with Crippen molar-refractivity contribution in [1.29, 1.82) is 0 Å². The molecule has 0 aliphatic heterocycles. The molecule has 0 amide bonds. The maximum absolute atomic E-state index is 5.92. The largest absolute Gasteiger partial charge is 0.237 e. The smallest absolute Gasteiger partial charge is 0.140 e. The standard InChI is InChI=1S/C14H15ClN2S/c1-9-4-5-12(10(2)6-9)18-8-14-16-11(3)7-13(15)17-14/h4-7H,8H2,1-3H3. The van der Waals surface area contributed by atoms with Crippen LogP contribution in [-0.4, -0.2) is 9.97 Å². The lowest BCUT2D eigenvalue weighted by Gasteiger charge is -2.06. The molecule has 1 aromatic carbocycles. The van der Waals surface area contributed by atoms with Gasteiger partial charge in [0, 0.05) is 10.6 Å². The fourth-order valence-electron chi connectivity index (χ4n) is 1.76. The van der Waals surface area contributed by atoms with E-state index in [2.05, 4.69) is 42.0 Å². The van der Waals surface area contributed by atoms with Gasteiger partial charge < -0.3 is 0 Å². The normalized spacial score (nSPS) is 10.7. The second-order valence-corrected chi connectivity index (χ2v) is 5.71. The number of rotatable bonds is 3. The topological polar surface area (TPSA) is 25.8 Å². The van der Waals surface area contributed by atoms with Gasteiger partial charge in [-0.1, -0.05) is 29.3 Å². The van der Waals surface area contributed by atoms with Gasteiger partial charge in [0.25, 0.3) is 0 Å². The third-order valence-corrected chi connectivity index (χ3v) is 3.92. The van der Waals surface area contributed by atoms with E-state index in [-0.39, 0.29) is 0 Å². The van der Waals surface area contributed by atoms with Crippen molar-refractivity contribution in [3.63, 3.8) is 0 Å². The molecule has 94 valence electrons.